The van der Waals surface area contributed by atoms with E-state index in [4.69, 9.17) is 23.2 Å². The van der Waals surface area contributed by atoms with Crippen LogP contribution in [0.25, 0.3) is 5.65 Å². The normalized spacial score (nSPS) is 17.8. The Morgan fingerprint density at radius 2 is 2.16 bits per heavy atom. The van der Waals surface area contributed by atoms with Crippen LogP contribution in [0, 0.1) is 6.92 Å². The van der Waals surface area contributed by atoms with Crippen molar-refractivity contribution in [2.24, 2.45) is 0 Å². The number of aliphatic carboxylic acids is 1. The molecule has 4 rings (SSSR count). The number of aromatic nitrogens is 5. The number of hydrogen-bond donors (Lipinski definition) is 1. The highest BCUT2D eigenvalue weighted by Gasteiger charge is 2.33. The lowest BCUT2D eigenvalue weighted by Crippen LogP contribution is -2.47. The van der Waals surface area contributed by atoms with Gasteiger partial charge in [0, 0.05) is 18.9 Å². The molecule has 0 saturated carbocycles. The fraction of sp³-hybridized carbons (Fsp3) is 0.333. The number of carbonyl (C=O) groups is 1. The van der Waals surface area contributed by atoms with E-state index in [1.807, 2.05) is 16.4 Å². The Morgan fingerprint density at radius 1 is 1.36 bits per heavy atom. The minimum atomic E-state index is -0.886. The van der Waals surface area contributed by atoms with Crippen LogP contribution in [0.3, 0.4) is 0 Å². The molecule has 0 radical (unpaired) electrons. The van der Waals surface area contributed by atoms with E-state index in [1.54, 1.807) is 22.9 Å². The number of fused-ring (bicyclic) bond motifs is 2. The number of imidazole rings is 1. The van der Waals surface area contributed by atoms with E-state index in [9.17, 15) is 9.90 Å². The van der Waals surface area contributed by atoms with Gasteiger partial charge in [-0.3, -0.25) is 9.69 Å². The number of halogens is 2. The van der Waals surface area contributed by atoms with Gasteiger partial charge in [0.25, 0.3) is 0 Å². The molecule has 1 atom stereocenters. The molecule has 3 aromatic heterocycles. The summed E-state index contributed by atoms with van der Waals surface area (Å²) in [7, 11) is 0. The Labute approximate surface area is 152 Å². The molecule has 1 aliphatic heterocycles. The third kappa shape index (κ3) is 2.86. The number of aryl methyl sites for hydroxylation is 1. The Balaban J connectivity index is 1.67. The summed E-state index contributed by atoms with van der Waals surface area (Å²) in [6, 6.07) is 0.951. The first kappa shape index (κ1) is 16.3. The predicted molar refractivity (Wildman–Crippen MR) is 90.6 cm³/mol. The van der Waals surface area contributed by atoms with Crippen LogP contribution in [0.1, 0.15) is 17.3 Å². The maximum atomic E-state index is 11.7. The molecule has 4 heterocycles. The van der Waals surface area contributed by atoms with Crippen molar-refractivity contribution in [1.29, 1.82) is 0 Å². The van der Waals surface area contributed by atoms with Gasteiger partial charge in [0.15, 0.2) is 5.65 Å². The number of rotatable bonds is 3. The Bertz CT molecular complexity index is 982. The second kappa shape index (κ2) is 5.98. The molecule has 0 saturated heterocycles. The molecule has 3 aromatic rings. The van der Waals surface area contributed by atoms with Gasteiger partial charge in [-0.15, -0.1) is 10.2 Å². The molecule has 0 aliphatic carbocycles. The van der Waals surface area contributed by atoms with Gasteiger partial charge in [0.2, 0.25) is 0 Å². The summed E-state index contributed by atoms with van der Waals surface area (Å²) in [6.45, 7) is 2.88. The highest BCUT2D eigenvalue weighted by atomic mass is 35.5. The van der Waals surface area contributed by atoms with Crippen molar-refractivity contribution in [3.8, 4) is 0 Å². The minimum absolute atomic E-state index is 0.309. The molecule has 8 nitrogen and oxygen atoms in total. The molecule has 10 heteroatoms. The van der Waals surface area contributed by atoms with Gasteiger partial charge in [-0.25, -0.2) is 4.98 Å². The SMILES string of the molecule is Cc1nnc2n1CC(C(=O)O)N(Cc1cn3cc(Cl)cc(Cl)c3n1)C2. The van der Waals surface area contributed by atoms with Gasteiger partial charge < -0.3 is 14.1 Å². The Kier molecular flexibility index (Phi) is 3.90. The second-order valence-electron chi connectivity index (χ2n) is 6.00. The quantitative estimate of drug-likeness (QED) is 0.747. The van der Waals surface area contributed by atoms with Crippen molar-refractivity contribution in [2.75, 3.05) is 0 Å². The van der Waals surface area contributed by atoms with Gasteiger partial charge in [0.05, 0.1) is 28.8 Å². The highest BCUT2D eigenvalue weighted by Crippen LogP contribution is 2.24. The molecule has 0 aromatic carbocycles. The number of nitrogens with zero attached hydrogens (tertiary/aromatic N) is 6. The van der Waals surface area contributed by atoms with Crippen molar-refractivity contribution in [3.63, 3.8) is 0 Å². The first-order valence-corrected chi connectivity index (χ1v) is 8.36. The average Bonchev–Trinajstić information content (AvgIpc) is 3.10. The monoisotopic (exact) mass is 380 g/mol. The van der Waals surface area contributed by atoms with Crippen LogP contribution in [-0.2, 0) is 24.4 Å². The predicted octanol–water partition coefficient (Wildman–Crippen LogP) is 2.01. The Morgan fingerprint density at radius 3 is 2.92 bits per heavy atom. The van der Waals surface area contributed by atoms with Gasteiger partial charge in [-0.2, -0.15) is 0 Å². The number of hydrogen-bond acceptors (Lipinski definition) is 5. The maximum absolute atomic E-state index is 11.7. The zero-order chi connectivity index (χ0) is 17.7. The molecule has 1 unspecified atom stereocenters. The molecule has 25 heavy (non-hydrogen) atoms. The van der Waals surface area contributed by atoms with E-state index < -0.39 is 12.0 Å². The second-order valence-corrected chi connectivity index (χ2v) is 6.85. The van der Waals surface area contributed by atoms with Crippen LogP contribution in [0.2, 0.25) is 10.0 Å². The van der Waals surface area contributed by atoms with Gasteiger partial charge in [0.1, 0.15) is 17.7 Å². The van der Waals surface area contributed by atoms with Gasteiger partial charge in [-0.1, -0.05) is 23.2 Å². The van der Waals surface area contributed by atoms with Crippen LogP contribution in [0.4, 0.5) is 0 Å². The zero-order valence-corrected chi connectivity index (χ0v) is 14.7. The van der Waals surface area contributed by atoms with Gasteiger partial charge in [-0.05, 0) is 13.0 Å². The molecule has 0 bridgehead atoms. The van der Waals surface area contributed by atoms with Gasteiger partial charge >= 0.3 is 5.97 Å². The van der Waals surface area contributed by atoms with E-state index in [0.29, 0.717) is 41.0 Å². The minimum Gasteiger partial charge on any atom is -0.480 e. The molecule has 0 amide bonds. The molecular weight excluding hydrogens is 367 g/mol. The summed E-state index contributed by atoms with van der Waals surface area (Å²) in [6.07, 6.45) is 3.51. The molecule has 0 fully saturated rings. The lowest BCUT2D eigenvalue weighted by molar-refractivity contribution is -0.145. The van der Waals surface area contributed by atoms with Crippen LogP contribution in [-0.4, -0.2) is 46.2 Å². The third-order valence-corrected chi connectivity index (χ3v) is 4.81. The summed E-state index contributed by atoms with van der Waals surface area (Å²) in [5.41, 5.74) is 1.30. The van der Waals surface area contributed by atoms with E-state index in [0.717, 1.165) is 11.6 Å². The molecule has 1 N–H and O–H groups in total. The molecule has 130 valence electrons. The number of carboxylic acid groups (broad SMARTS) is 1. The topological polar surface area (TPSA) is 88.5 Å². The average molecular weight is 381 g/mol. The lowest BCUT2D eigenvalue weighted by atomic mass is 10.1. The fourth-order valence-electron chi connectivity index (χ4n) is 3.12. The Hall–Kier alpha value is -2.16. The zero-order valence-electron chi connectivity index (χ0n) is 13.2. The van der Waals surface area contributed by atoms with Crippen LogP contribution < -0.4 is 0 Å². The summed E-state index contributed by atoms with van der Waals surface area (Å²) < 4.78 is 3.59. The van der Waals surface area contributed by atoms with E-state index in [1.165, 1.54) is 0 Å². The fourth-order valence-corrected chi connectivity index (χ4v) is 3.65. The smallest absolute Gasteiger partial charge is 0.322 e. The molecular formula is C15H14Cl2N6O2. The van der Waals surface area contributed by atoms with Crippen molar-refractivity contribution in [3.05, 3.63) is 45.8 Å². The van der Waals surface area contributed by atoms with Crippen LogP contribution in [0.5, 0.6) is 0 Å². The van der Waals surface area contributed by atoms with E-state index >= 15 is 0 Å². The van der Waals surface area contributed by atoms with Crippen molar-refractivity contribution >= 4 is 34.8 Å². The van der Waals surface area contributed by atoms with Crippen molar-refractivity contribution < 1.29 is 9.90 Å². The van der Waals surface area contributed by atoms with Crippen LogP contribution >= 0.6 is 23.2 Å². The van der Waals surface area contributed by atoms with E-state index in [-0.39, 0.29) is 0 Å². The first-order valence-electron chi connectivity index (χ1n) is 7.60. The maximum Gasteiger partial charge on any atom is 0.322 e. The highest BCUT2D eigenvalue weighted by molar-refractivity contribution is 6.36. The van der Waals surface area contributed by atoms with Crippen LogP contribution in [0.15, 0.2) is 18.5 Å². The summed E-state index contributed by atoms with van der Waals surface area (Å²) in [4.78, 5) is 18.0. The lowest BCUT2D eigenvalue weighted by Gasteiger charge is -2.32. The summed E-state index contributed by atoms with van der Waals surface area (Å²) in [5.74, 6) is 0.582. The van der Waals surface area contributed by atoms with Crippen molar-refractivity contribution in [1.82, 2.24) is 29.0 Å². The summed E-state index contributed by atoms with van der Waals surface area (Å²) >= 11 is 12.2. The van der Waals surface area contributed by atoms with Crippen molar-refractivity contribution in [2.45, 2.75) is 32.6 Å². The molecule has 0 spiro atoms. The number of pyridine rings is 1. The standard InChI is InChI=1S/C15H14Cl2N6O2/c1-8-19-20-13-7-21(12(15(24)25)6-23(8)13)4-10-5-22-3-9(16)2-11(17)14(22)18-10/h2-3,5,12H,4,6-7H2,1H3,(H,24,25). The van der Waals surface area contributed by atoms with E-state index in [2.05, 4.69) is 15.2 Å². The first-order chi connectivity index (χ1) is 11.9. The number of carboxylic acids is 1. The summed E-state index contributed by atoms with van der Waals surface area (Å²) in [5, 5.41) is 18.7. The molecule has 1 aliphatic rings. The third-order valence-electron chi connectivity index (χ3n) is 4.33. The largest absolute Gasteiger partial charge is 0.480 e.